The number of nitrogens with one attached hydrogen (secondary N) is 2. The molecule has 9 nitrogen and oxygen atoms in total. The van der Waals surface area contributed by atoms with Crippen molar-refractivity contribution in [2.24, 2.45) is 5.92 Å². The monoisotopic (exact) mass is 452 g/mol. The topological polar surface area (TPSA) is 107 Å². The maximum absolute atomic E-state index is 13.2. The average molecular weight is 453 g/mol. The summed E-state index contributed by atoms with van der Waals surface area (Å²) in [6, 6.07) is 7.88. The van der Waals surface area contributed by atoms with E-state index in [0.29, 0.717) is 23.8 Å². The van der Waals surface area contributed by atoms with Crippen molar-refractivity contribution < 1.29 is 14.3 Å². The summed E-state index contributed by atoms with van der Waals surface area (Å²) in [4.78, 5) is 40.8. The molecule has 1 aliphatic heterocycles. The lowest BCUT2D eigenvalue weighted by Gasteiger charge is -2.32. The first-order chi connectivity index (χ1) is 16.0. The van der Waals surface area contributed by atoms with Crippen LogP contribution in [-0.2, 0) is 17.7 Å². The molecule has 1 fully saturated rings. The molecular formula is C24H28N4O5. The molecule has 3 atom stereocenters. The van der Waals surface area contributed by atoms with Crippen LogP contribution in [0.4, 0.5) is 4.79 Å². The minimum Gasteiger partial charge on any atom is -0.496 e. The minimum atomic E-state index is -0.642. The molecule has 3 heterocycles. The largest absolute Gasteiger partial charge is 0.496 e. The highest BCUT2D eigenvalue weighted by Gasteiger charge is 2.40. The number of fused-ring (bicyclic) bond motifs is 4. The van der Waals surface area contributed by atoms with Crippen LogP contribution < -0.4 is 21.3 Å². The Bertz CT molecular complexity index is 1320. The Labute approximate surface area is 190 Å². The number of H-pyrrole nitrogens is 1. The first-order valence-corrected chi connectivity index (χ1v) is 11.4. The van der Waals surface area contributed by atoms with Crippen LogP contribution in [0.3, 0.4) is 0 Å². The Morgan fingerprint density at radius 3 is 2.88 bits per heavy atom. The lowest BCUT2D eigenvalue weighted by molar-refractivity contribution is 0.155. The van der Waals surface area contributed by atoms with Gasteiger partial charge in [-0.1, -0.05) is 12.1 Å². The zero-order valence-corrected chi connectivity index (χ0v) is 18.8. The van der Waals surface area contributed by atoms with Crippen molar-refractivity contribution in [1.82, 2.24) is 19.4 Å². The molecule has 0 amide bonds. The van der Waals surface area contributed by atoms with E-state index in [1.54, 1.807) is 14.0 Å². The van der Waals surface area contributed by atoms with Gasteiger partial charge in [-0.3, -0.25) is 9.36 Å². The van der Waals surface area contributed by atoms with Gasteiger partial charge in [0.2, 0.25) is 0 Å². The molecular weight excluding hydrogens is 424 g/mol. The van der Waals surface area contributed by atoms with Gasteiger partial charge in [0.15, 0.2) is 0 Å². The van der Waals surface area contributed by atoms with Crippen LogP contribution in [0, 0.1) is 5.92 Å². The van der Waals surface area contributed by atoms with Gasteiger partial charge in [-0.2, -0.15) is 0 Å². The summed E-state index contributed by atoms with van der Waals surface area (Å²) in [6.07, 6.45) is 3.50. The van der Waals surface area contributed by atoms with Gasteiger partial charge in [-0.15, -0.1) is 0 Å². The molecule has 33 heavy (non-hydrogen) atoms. The number of aromatic nitrogens is 3. The van der Waals surface area contributed by atoms with Gasteiger partial charge in [0.25, 0.3) is 5.56 Å². The predicted octanol–water partition coefficient (Wildman–Crippen LogP) is 2.21. The van der Waals surface area contributed by atoms with E-state index in [1.165, 1.54) is 28.0 Å². The van der Waals surface area contributed by atoms with E-state index < -0.39 is 17.3 Å². The van der Waals surface area contributed by atoms with Crippen LogP contribution in [0.2, 0.25) is 0 Å². The lowest BCUT2D eigenvalue weighted by Crippen LogP contribution is -2.38. The summed E-state index contributed by atoms with van der Waals surface area (Å²) < 4.78 is 13.0. The highest BCUT2D eigenvalue weighted by molar-refractivity contribution is 5.86. The molecule has 1 aromatic carbocycles. The number of hydrogen-bond donors (Lipinski definition) is 2. The zero-order valence-electron chi connectivity index (χ0n) is 18.8. The SMILES string of the molecule is CCOC(=O)n1ccc2[nH]c(=O)n(CCC3NC[C@@H]4CCc5c(OC)cccc5[C@H]34)c(=O)c21. The fourth-order valence-electron chi connectivity index (χ4n) is 5.57. The first kappa shape index (κ1) is 21.5. The molecule has 1 aliphatic carbocycles. The molecule has 2 aromatic heterocycles. The molecule has 3 aromatic rings. The number of benzene rings is 1. The fourth-order valence-corrected chi connectivity index (χ4v) is 5.57. The van der Waals surface area contributed by atoms with E-state index in [1.807, 2.05) is 12.1 Å². The Hall–Kier alpha value is -3.33. The number of carbonyl (C=O) groups is 1. The summed E-state index contributed by atoms with van der Waals surface area (Å²) in [5.41, 5.74) is 2.04. The Morgan fingerprint density at radius 1 is 1.24 bits per heavy atom. The Balaban J connectivity index is 1.44. The van der Waals surface area contributed by atoms with E-state index in [0.717, 1.165) is 29.7 Å². The summed E-state index contributed by atoms with van der Waals surface area (Å²) in [5.74, 6) is 1.76. The van der Waals surface area contributed by atoms with Crippen molar-refractivity contribution in [2.75, 3.05) is 20.3 Å². The number of ether oxygens (including phenoxy) is 2. The normalized spacial score (nSPS) is 21.6. The van der Waals surface area contributed by atoms with Crippen molar-refractivity contribution in [1.29, 1.82) is 0 Å². The zero-order chi connectivity index (χ0) is 23.1. The molecule has 0 bridgehead atoms. The van der Waals surface area contributed by atoms with Gasteiger partial charge >= 0.3 is 11.8 Å². The summed E-state index contributed by atoms with van der Waals surface area (Å²) >= 11 is 0. The number of hydrogen-bond acceptors (Lipinski definition) is 6. The molecule has 0 saturated carbocycles. The number of rotatable bonds is 5. The van der Waals surface area contributed by atoms with Crippen molar-refractivity contribution in [3.63, 3.8) is 0 Å². The van der Waals surface area contributed by atoms with Crippen LogP contribution in [0.1, 0.15) is 36.8 Å². The smallest absolute Gasteiger partial charge is 0.418 e. The lowest BCUT2D eigenvalue weighted by atomic mass is 9.73. The van der Waals surface area contributed by atoms with Crippen molar-refractivity contribution in [2.45, 2.75) is 44.7 Å². The second kappa shape index (κ2) is 8.55. The van der Waals surface area contributed by atoms with Crippen molar-refractivity contribution in [3.8, 4) is 5.75 Å². The highest BCUT2D eigenvalue weighted by Crippen LogP contribution is 2.45. The number of aromatic amines is 1. The third kappa shape index (κ3) is 3.56. The van der Waals surface area contributed by atoms with Crippen LogP contribution in [-0.4, -0.2) is 46.5 Å². The molecule has 9 heteroatoms. The fraction of sp³-hybridized carbons (Fsp3) is 0.458. The average Bonchev–Trinajstić information content (AvgIpc) is 3.43. The number of carbonyl (C=O) groups excluding carboxylic acids is 1. The van der Waals surface area contributed by atoms with E-state index in [9.17, 15) is 14.4 Å². The Morgan fingerprint density at radius 2 is 2.09 bits per heavy atom. The third-order valence-corrected chi connectivity index (χ3v) is 7.05. The van der Waals surface area contributed by atoms with Gasteiger partial charge in [0, 0.05) is 24.7 Å². The third-order valence-electron chi connectivity index (χ3n) is 7.05. The second-order valence-electron chi connectivity index (χ2n) is 8.69. The van der Waals surface area contributed by atoms with Crippen molar-refractivity contribution in [3.05, 3.63) is 62.4 Å². The molecule has 174 valence electrons. The van der Waals surface area contributed by atoms with Gasteiger partial charge in [-0.05, 0) is 61.9 Å². The minimum absolute atomic E-state index is 0.123. The quantitative estimate of drug-likeness (QED) is 0.615. The van der Waals surface area contributed by atoms with Crippen LogP contribution in [0.5, 0.6) is 5.75 Å². The first-order valence-electron chi connectivity index (χ1n) is 11.4. The van der Waals surface area contributed by atoms with E-state index >= 15 is 0 Å². The predicted molar refractivity (Wildman–Crippen MR) is 123 cm³/mol. The molecule has 2 aliphatic rings. The highest BCUT2D eigenvalue weighted by atomic mass is 16.5. The number of nitrogens with zero attached hydrogens (tertiary/aromatic N) is 2. The molecule has 0 spiro atoms. The molecule has 0 radical (unpaired) electrons. The standard InChI is InChI=1S/C24H28N4O5/c1-3-33-24(31)27-11-10-18-21(27)22(29)28(23(30)26-18)12-9-17-20-14(13-25-17)7-8-15-16(20)5-4-6-19(15)32-2/h4-6,10-11,14,17,20,25H,3,7-9,12-13H2,1-2H3,(H,26,30)/t14-,17?,20+/m0/s1. The van der Waals surface area contributed by atoms with Gasteiger partial charge in [-0.25, -0.2) is 14.2 Å². The van der Waals surface area contributed by atoms with Crippen LogP contribution in [0.25, 0.3) is 11.0 Å². The van der Waals surface area contributed by atoms with E-state index in [4.69, 9.17) is 9.47 Å². The van der Waals surface area contributed by atoms with Crippen LogP contribution in [0.15, 0.2) is 40.1 Å². The molecule has 1 unspecified atom stereocenters. The second-order valence-corrected chi connectivity index (χ2v) is 8.69. The molecule has 5 rings (SSSR count). The summed E-state index contributed by atoms with van der Waals surface area (Å²) in [6.45, 7) is 3.06. The maximum atomic E-state index is 13.2. The Kier molecular flexibility index (Phi) is 5.57. The van der Waals surface area contributed by atoms with Crippen molar-refractivity contribution >= 4 is 17.1 Å². The van der Waals surface area contributed by atoms with E-state index in [2.05, 4.69) is 16.4 Å². The van der Waals surface area contributed by atoms with Crippen LogP contribution >= 0.6 is 0 Å². The summed E-state index contributed by atoms with van der Waals surface area (Å²) in [5, 5.41) is 3.62. The van der Waals surface area contributed by atoms with Gasteiger partial charge < -0.3 is 19.8 Å². The van der Waals surface area contributed by atoms with E-state index in [-0.39, 0.29) is 24.7 Å². The number of methoxy groups -OCH3 is 1. The van der Waals surface area contributed by atoms with Gasteiger partial charge in [0.1, 0.15) is 11.3 Å². The van der Waals surface area contributed by atoms with Gasteiger partial charge in [0.05, 0.1) is 19.2 Å². The molecule has 2 N–H and O–H groups in total. The molecule has 1 saturated heterocycles. The maximum Gasteiger partial charge on any atom is 0.418 e. The summed E-state index contributed by atoms with van der Waals surface area (Å²) in [7, 11) is 1.70.